The van der Waals surface area contributed by atoms with Gasteiger partial charge in [-0.2, -0.15) is 5.26 Å². The molecule has 106 valence electrons. The number of nitriles is 1. The van der Waals surface area contributed by atoms with Crippen molar-refractivity contribution in [1.29, 1.82) is 5.26 Å². The molecule has 0 N–H and O–H groups in total. The molecule has 1 heterocycles. The molecule has 1 fully saturated rings. The fourth-order valence-electron chi connectivity index (χ4n) is 2.14. The molecule has 1 atom stereocenters. The van der Waals surface area contributed by atoms with E-state index in [2.05, 4.69) is 0 Å². The van der Waals surface area contributed by atoms with E-state index in [0.29, 0.717) is 18.7 Å². The van der Waals surface area contributed by atoms with E-state index in [4.69, 9.17) is 5.26 Å². The third-order valence-corrected chi connectivity index (χ3v) is 3.25. The number of hydrogen-bond donors (Lipinski definition) is 0. The first-order valence-electron chi connectivity index (χ1n) is 5.98. The Hall–Kier alpha value is -2.07. The molecule has 1 amide bonds. The van der Waals surface area contributed by atoms with Crippen LogP contribution in [0, 0.1) is 28.8 Å². The molecule has 1 aliphatic rings. The van der Waals surface area contributed by atoms with Crippen molar-refractivity contribution >= 4 is 5.91 Å². The van der Waals surface area contributed by atoms with E-state index in [1.807, 2.05) is 11.0 Å². The molecule has 0 saturated carbocycles. The SMILES string of the molecule is CN1CCN(C(=O)c2c(F)ccc(F)c2F)C(C#N)C1. The maximum absolute atomic E-state index is 13.6. The first-order valence-corrected chi connectivity index (χ1v) is 5.98. The average Bonchev–Trinajstić information content (AvgIpc) is 2.43. The van der Waals surface area contributed by atoms with Crippen molar-refractivity contribution in [3.63, 3.8) is 0 Å². The third kappa shape index (κ3) is 2.47. The minimum atomic E-state index is -1.52. The van der Waals surface area contributed by atoms with Crippen LogP contribution >= 0.6 is 0 Å². The average molecular weight is 283 g/mol. The summed E-state index contributed by atoms with van der Waals surface area (Å²) in [5, 5.41) is 9.04. The van der Waals surface area contributed by atoms with Crippen LogP contribution < -0.4 is 0 Å². The summed E-state index contributed by atoms with van der Waals surface area (Å²) >= 11 is 0. The summed E-state index contributed by atoms with van der Waals surface area (Å²) in [6.45, 7) is 0.909. The van der Waals surface area contributed by atoms with Crippen LogP contribution in [-0.2, 0) is 0 Å². The van der Waals surface area contributed by atoms with Crippen molar-refractivity contribution in [1.82, 2.24) is 9.80 Å². The van der Waals surface area contributed by atoms with Crippen molar-refractivity contribution in [2.45, 2.75) is 6.04 Å². The summed E-state index contributed by atoms with van der Waals surface area (Å²) in [6, 6.07) is 2.41. The van der Waals surface area contributed by atoms with E-state index in [-0.39, 0.29) is 13.1 Å². The fraction of sp³-hybridized carbons (Fsp3) is 0.385. The number of rotatable bonds is 1. The molecule has 1 unspecified atom stereocenters. The number of amides is 1. The molecular weight excluding hydrogens is 271 g/mol. The molecular formula is C13H12F3N3O. The van der Waals surface area contributed by atoms with E-state index in [9.17, 15) is 18.0 Å². The van der Waals surface area contributed by atoms with Crippen LogP contribution in [0.15, 0.2) is 12.1 Å². The smallest absolute Gasteiger partial charge is 0.261 e. The Morgan fingerprint density at radius 2 is 1.95 bits per heavy atom. The van der Waals surface area contributed by atoms with Crippen LogP contribution in [-0.4, -0.2) is 48.4 Å². The Balaban J connectivity index is 2.37. The van der Waals surface area contributed by atoms with Gasteiger partial charge in [0.05, 0.1) is 6.07 Å². The lowest BCUT2D eigenvalue weighted by Gasteiger charge is -2.36. The molecule has 0 bridgehead atoms. The van der Waals surface area contributed by atoms with Gasteiger partial charge in [-0.05, 0) is 19.2 Å². The van der Waals surface area contributed by atoms with Crippen LogP contribution in [0.3, 0.4) is 0 Å². The van der Waals surface area contributed by atoms with Crippen LogP contribution in [0.25, 0.3) is 0 Å². The second-order valence-corrected chi connectivity index (χ2v) is 4.62. The molecule has 0 aliphatic carbocycles. The van der Waals surface area contributed by atoms with Gasteiger partial charge in [0.2, 0.25) is 0 Å². The minimum absolute atomic E-state index is 0.156. The number of carbonyl (C=O) groups is 1. The van der Waals surface area contributed by atoms with Crippen molar-refractivity contribution in [3.8, 4) is 6.07 Å². The lowest BCUT2D eigenvalue weighted by atomic mass is 10.1. The van der Waals surface area contributed by atoms with E-state index in [1.165, 1.54) is 0 Å². The van der Waals surface area contributed by atoms with Gasteiger partial charge in [0.15, 0.2) is 11.6 Å². The summed E-state index contributed by atoms with van der Waals surface area (Å²) in [5.74, 6) is -4.95. The summed E-state index contributed by atoms with van der Waals surface area (Å²) < 4.78 is 40.4. The molecule has 0 aromatic heterocycles. The zero-order valence-corrected chi connectivity index (χ0v) is 10.7. The molecule has 0 spiro atoms. The van der Waals surface area contributed by atoms with Gasteiger partial charge < -0.3 is 9.80 Å². The highest BCUT2D eigenvalue weighted by Crippen LogP contribution is 2.20. The largest absolute Gasteiger partial charge is 0.320 e. The molecule has 1 aliphatic heterocycles. The molecule has 1 aromatic carbocycles. The fourth-order valence-corrected chi connectivity index (χ4v) is 2.14. The second-order valence-electron chi connectivity index (χ2n) is 4.62. The van der Waals surface area contributed by atoms with E-state index < -0.39 is 35.0 Å². The Morgan fingerprint density at radius 1 is 1.30 bits per heavy atom. The van der Waals surface area contributed by atoms with E-state index in [1.54, 1.807) is 7.05 Å². The molecule has 1 aromatic rings. The van der Waals surface area contributed by atoms with Gasteiger partial charge in [0.1, 0.15) is 17.4 Å². The summed E-state index contributed by atoms with van der Waals surface area (Å²) in [4.78, 5) is 15.1. The zero-order chi connectivity index (χ0) is 14.9. The summed E-state index contributed by atoms with van der Waals surface area (Å²) in [7, 11) is 1.77. The highest BCUT2D eigenvalue weighted by Gasteiger charge is 2.33. The highest BCUT2D eigenvalue weighted by molar-refractivity contribution is 5.95. The number of hydrogen-bond acceptors (Lipinski definition) is 3. The number of halogens is 3. The van der Waals surface area contributed by atoms with Crippen molar-refractivity contribution in [3.05, 3.63) is 35.1 Å². The Labute approximate surface area is 114 Å². The first kappa shape index (κ1) is 14.3. The van der Waals surface area contributed by atoms with Crippen molar-refractivity contribution in [2.24, 2.45) is 0 Å². The van der Waals surface area contributed by atoms with E-state index >= 15 is 0 Å². The second kappa shape index (κ2) is 5.51. The molecule has 20 heavy (non-hydrogen) atoms. The number of nitrogens with zero attached hydrogens (tertiary/aromatic N) is 3. The predicted molar refractivity (Wildman–Crippen MR) is 64.3 cm³/mol. The lowest BCUT2D eigenvalue weighted by Crippen LogP contribution is -2.53. The Kier molecular flexibility index (Phi) is 3.95. The first-order chi connectivity index (χ1) is 9.45. The number of likely N-dealkylation sites (N-methyl/N-ethyl adjacent to an activating group) is 1. The quantitative estimate of drug-likeness (QED) is 0.732. The molecule has 4 nitrogen and oxygen atoms in total. The maximum atomic E-state index is 13.6. The number of piperazine rings is 1. The van der Waals surface area contributed by atoms with Crippen molar-refractivity contribution in [2.75, 3.05) is 26.7 Å². The molecule has 0 radical (unpaired) electrons. The predicted octanol–water partition coefficient (Wildman–Crippen LogP) is 1.38. The van der Waals surface area contributed by atoms with Gasteiger partial charge in [-0.1, -0.05) is 0 Å². The van der Waals surface area contributed by atoms with E-state index in [0.717, 1.165) is 4.90 Å². The monoisotopic (exact) mass is 283 g/mol. The summed E-state index contributed by atoms with van der Waals surface area (Å²) in [6.07, 6.45) is 0. The van der Waals surface area contributed by atoms with Gasteiger partial charge in [-0.3, -0.25) is 4.79 Å². The van der Waals surface area contributed by atoms with Gasteiger partial charge in [-0.15, -0.1) is 0 Å². The van der Waals surface area contributed by atoms with Gasteiger partial charge >= 0.3 is 0 Å². The van der Waals surface area contributed by atoms with Gasteiger partial charge in [-0.25, -0.2) is 13.2 Å². The third-order valence-electron chi connectivity index (χ3n) is 3.25. The van der Waals surface area contributed by atoms with Crippen molar-refractivity contribution < 1.29 is 18.0 Å². The Morgan fingerprint density at radius 3 is 2.60 bits per heavy atom. The van der Waals surface area contributed by atoms with Crippen LogP contribution in [0.4, 0.5) is 13.2 Å². The van der Waals surface area contributed by atoms with Crippen LogP contribution in [0.5, 0.6) is 0 Å². The molecule has 2 rings (SSSR count). The zero-order valence-electron chi connectivity index (χ0n) is 10.7. The van der Waals surface area contributed by atoms with Gasteiger partial charge in [0.25, 0.3) is 5.91 Å². The molecule has 1 saturated heterocycles. The van der Waals surface area contributed by atoms with Crippen LogP contribution in [0.2, 0.25) is 0 Å². The van der Waals surface area contributed by atoms with Gasteiger partial charge in [0, 0.05) is 19.6 Å². The topological polar surface area (TPSA) is 47.3 Å². The highest BCUT2D eigenvalue weighted by atomic mass is 19.2. The maximum Gasteiger partial charge on any atom is 0.261 e. The number of benzene rings is 1. The standard InChI is InChI=1S/C13H12F3N3O/c1-18-4-5-19(8(6-17)7-18)13(20)11-9(14)2-3-10(15)12(11)16/h2-3,8H,4-5,7H2,1H3. The van der Waals surface area contributed by atoms with Crippen LogP contribution in [0.1, 0.15) is 10.4 Å². The Bertz CT molecular complexity index is 585. The number of carbonyl (C=O) groups excluding carboxylic acids is 1. The summed E-state index contributed by atoms with van der Waals surface area (Å²) in [5.41, 5.74) is -0.949. The normalized spacial score (nSPS) is 19.8. The minimum Gasteiger partial charge on any atom is -0.320 e. The molecule has 7 heteroatoms. The lowest BCUT2D eigenvalue weighted by molar-refractivity contribution is 0.0574.